The van der Waals surface area contributed by atoms with Crippen LogP contribution in [0.4, 0.5) is 4.79 Å². The lowest BCUT2D eigenvalue weighted by atomic mass is 10.2. The topological polar surface area (TPSA) is 66.9 Å². The number of likely N-dealkylation sites (N-methyl/N-ethyl adjacent to an activating group) is 1. The lowest BCUT2D eigenvalue weighted by molar-refractivity contribution is -0.169. The van der Waals surface area contributed by atoms with Gasteiger partial charge in [-0.2, -0.15) is 0 Å². The summed E-state index contributed by atoms with van der Waals surface area (Å²) in [5, 5.41) is 0.518. The van der Waals surface area contributed by atoms with E-state index >= 15 is 0 Å². The van der Waals surface area contributed by atoms with Crippen LogP contribution in [-0.2, 0) is 14.4 Å². The van der Waals surface area contributed by atoms with Crippen molar-refractivity contribution in [2.24, 2.45) is 0 Å². The van der Waals surface area contributed by atoms with Crippen molar-refractivity contribution in [1.82, 2.24) is 9.96 Å². The van der Waals surface area contributed by atoms with Crippen molar-refractivity contribution in [1.29, 1.82) is 0 Å². The van der Waals surface area contributed by atoms with Gasteiger partial charge in [-0.25, -0.2) is 5.06 Å². The van der Waals surface area contributed by atoms with Gasteiger partial charge in [-0.05, 0) is 23.4 Å². The van der Waals surface area contributed by atoms with Gasteiger partial charge in [0.2, 0.25) is 0 Å². The van der Waals surface area contributed by atoms with Crippen LogP contribution in [0.5, 0.6) is 0 Å². The largest absolute Gasteiger partial charge is 0.294 e. The molecule has 0 bridgehead atoms. The minimum Gasteiger partial charge on any atom is -0.275 e. The Morgan fingerprint density at radius 1 is 1.33 bits per heavy atom. The van der Waals surface area contributed by atoms with Gasteiger partial charge in [-0.3, -0.25) is 24.1 Å². The first-order valence-corrected chi connectivity index (χ1v) is 6.95. The summed E-state index contributed by atoms with van der Waals surface area (Å²) in [5.74, 6) is -0.938. The molecule has 0 radical (unpaired) electrons. The Labute approximate surface area is 126 Å². The van der Waals surface area contributed by atoms with Crippen LogP contribution in [0.1, 0.15) is 5.56 Å². The van der Waals surface area contributed by atoms with Crippen molar-refractivity contribution < 1.29 is 19.2 Å². The molecule has 0 N–H and O–H groups in total. The van der Waals surface area contributed by atoms with E-state index < -0.39 is 17.1 Å². The molecular formula is C14H14N2O4S. The molecular weight excluding hydrogens is 292 g/mol. The lowest BCUT2D eigenvalue weighted by Crippen LogP contribution is -2.40. The predicted molar refractivity (Wildman–Crippen MR) is 78.9 cm³/mol. The number of hydrogen-bond acceptors (Lipinski definition) is 5. The Morgan fingerprint density at radius 2 is 2.00 bits per heavy atom. The standard InChI is InChI=1S/C14H14N2O4S/c1-15(20-2)12(17)9-16-13(18)11(21-14(16)19)8-10-6-4-3-5-7-10/h3-8H,9H2,1-2H3/b11-8+. The number of hydrogen-bond donors (Lipinski definition) is 0. The molecule has 0 spiro atoms. The Balaban J connectivity index is 2.14. The molecule has 7 heteroatoms. The van der Waals surface area contributed by atoms with Gasteiger partial charge < -0.3 is 0 Å². The van der Waals surface area contributed by atoms with Gasteiger partial charge >= 0.3 is 0 Å². The summed E-state index contributed by atoms with van der Waals surface area (Å²) in [6.45, 7) is -0.332. The van der Waals surface area contributed by atoms with Crippen molar-refractivity contribution in [2.75, 3.05) is 20.7 Å². The number of imide groups is 1. The van der Waals surface area contributed by atoms with Gasteiger partial charge in [0, 0.05) is 7.05 Å². The van der Waals surface area contributed by atoms with E-state index in [1.807, 2.05) is 30.3 Å². The van der Waals surface area contributed by atoms with E-state index in [1.54, 1.807) is 6.08 Å². The normalized spacial score (nSPS) is 16.7. The fourth-order valence-electron chi connectivity index (χ4n) is 1.67. The number of rotatable bonds is 4. The van der Waals surface area contributed by atoms with Crippen LogP contribution in [0, 0.1) is 0 Å². The van der Waals surface area contributed by atoms with Crippen molar-refractivity contribution in [3.63, 3.8) is 0 Å². The number of hydroxylamine groups is 2. The van der Waals surface area contributed by atoms with E-state index in [4.69, 9.17) is 4.84 Å². The molecule has 2 rings (SSSR count). The lowest BCUT2D eigenvalue weighted by Gasteiger charge is -2.17. The Morgan fingerprint density at radius 3 is 2.62 bits per heavy atom. The molecule has 110 valence electrons. The monoisotopic (exact) mass is 306 g/mol. The van der Waals surface area contributed by atoms with Crippen LogP contribution in [0.25, 0.3) is 6.08 Å². The van der Waals surface area contributed by atoms with E-state index in [0.29, 0.717) is 4.91 Å². The Hall–Kier alpha value is -2.12. The van der Waals surface area contributed by atoms with Gasteiger partial charge in [-0.15, -0.1) is 0 Å². The van der Waals surface area contributed by atoms with Crippen molar-refractivity contribution >= 4 is 34.9 Å². The number of amides is 3. The average Bonchev–Trinajstić information content (AvgIpc) is 2.75. The van der Waals surface area contributed by atoms with Gasteiger partial charge in [0.15, 0.2) is 0 Å². The third kappa shape index (κ3) is 3.50. The van der Waals surface area contributed by atoms with Crippen LogP contribution in [0.3, 0.4) is 0 Å². The number of benzene rings is 1. The fourth-order valence-corrected chi connectivity index (χ4v) is 2.51. The first kappa shape index (κ1) is 15.3. The summed E-state index contributed by atoms with van der Waals surface area (Å²) in [6, 6.07) is 9.21. The maximum absolute atomic E-state index is 12.2. The smallest absolute Gasteiger partial charge is 0.275 e. The van der Waals surface area contributed by atoms with Crippen LogP contribution < -0.4 is 0 Å². The van der Waals surface area contributed by atoms with E-state index in [2.05, 4.69) is 0 Å². The zero-order chi connectivity index (χ0) is 15.4. The molecule has 1 heterocycles. The van der Waals surface area contributed by atoms with Crippen molar-refractivity contribution in [3.05, 3.63) is 40.8 Å². The minimum absolute atomic E-state index is 0.305. The predicted octanol–water partition coefficient (Wildman–Crippen LogP) is 1.74. The molecule has 1 saturated heterocycles. The van der Waals surface area contributed by atoms with Gasteiger partial charge in [-0.1, -0.05) is 30.3 Å². The highest BCUT2D eigenvalue weighted by molar-refractivity contribution is 8.18. The summed E-state index contributed by atoms with van der Waals surface area (Å²) in [5.41, 5.74) is 0.823. The molecule has 21 heavy (non-hydrogen) atoms. The van der Waals surface area contributed by atoms with E-state index in [9.17, 15) is 14.4 Å². The number of thioether (sulfide) groups is 1. The minimum atomic E-state index is -0.472. The summed E-state index contributed by atoms with van der Waals surface area (Å²) < 4.78 is 0. The second-order valence-corrected chi connectivity index (χ2v) is 5.25. The second-order valence-electron chi connectivity index (χ2n) is 4.25. The zero-order valence-corrected chi connectivity index (χ0v) is 12.4. The second kappa shape index (κ2) is 6.55. The summed E-state index contributed by atoms with van der Waals surface area (Å²) in [7, 11) is 2.75. The number of carbonyl (C=O) groups is 3. The van der Waals surface area contributed by atoms with E-state index in [-0.39, 0.29) is 6.54 Å². The quantitative estimate of drug-likeness (QED) is 0.626. The molecule has 3 amide bonds. The molecule has 0 atom stereocenters. The van der Waals surface area contributed by atoms with E-state index in [1.165, 1.54) is 14.2 Å². The molecule has 6 nitrogen and oxygen atoms in total. The summed E-state index contributed by atoms with van der Waals surface area (Å²) in [4.78, 5) is 41.7. The first-order chi connectivity index (χ1) is 10.0. The van der Waals surface area contributed by atoms with Crippen LogP contribution >= 0.6 is 11.8 Å². The van der Waals surface area contributed by atoms with Crippen molar-refractivity contribution in [2.45, 2.75) is 0 Å². The van der Waals surface area contributed by atoms with Crippen LogP contribution in [0.15, 0.2) is 35.2 Å². The van der Waals surface area contributed by atoms with E-state index in [0.717, 1.165) is 27.3 Å². The van der Waals surface area contributed by atoms with Gasteiger partial charge in [0.05, 0.1) is 12.0 Å². The molecule has 1 aromatic carbocycles. The number of nitrogens with zero attached hydrogens (tertiary/aromatic N) is 2. The third-order valence-electron chi connectivity index (χ3n) is 2.89. The molecule has 1 aliphatic heterocycles. The molecule has 0 aliphatic carbocycles. The molecule has 0 unspecified atom stereocenters. The average molecular weight is 306 g/mol. The molecule has 0 aromatic heterocycles. The Bertz CT molecular complexity index is 600. The van der Waals surface area contributed by atoms with Crippen molar-refractivity contribution in [3.8, 4) is 0 Å². The third-order valence-corrected chi connectivity index (χ3v) is 3.80. The highest BCUT2D eigenvalue weighted by atomic mass is 32.2. The van der Waals surface area contributed by atoms with Crippen LogP contribution in [-0.4, -0.2) is 47.7 Å². The fraction of sp³-hybridized carbons (Fsp3) is 0.214. The summed E-state index contributed by atoms with van der Waals surface area (Å²) in [6.07, 6.45) is 1.63. The van der Waals surface area contributed by atoms with Gasteiger partial charge in [0.25, 0.3) is 17.1 Å². The maximum Gasteiger partial charge on any atom is 0.294 e. The number of carbonyl (C=O) groups excluding carboxylic acids is 3. The molecule has 1 aromatic rings. The van der Waals surface area contributed by atoms with Gasteiger partial charge in [0.1, 0.15) is 6.54 Å². The molecule has 1 aliphatic rings. The molecule has 0 saturated carbocycles. The molecule has 1 fully saturated rings. The SMILES string of the molecule is CON(C)C(=O)CN1C(=O)S/C(=C/c2ccccc2)C1=O. The summed E-state index contributed by atoms with van der Waals surface area (Å²) >= 11 is 0.825. The highest BCUT2D eigenvalue weighted by Gasteiger charge is 2.36. The highest BCUT2D eigenvalue weighted by Crippen LogP contribution is 2.31. The first-order valence-electron chi connectivity index (χ1n) is 6.14. The zero-order valence-electron chi connectivity index (χ0n) is 11.6. The maximum atomic E-state index is 12.2. The van der Waals surface area contributed by atoms with Crippen LogP contribution in [0.2, 0.25) is 0 Å². The Kier molecular flexibility index (Phi) is 4.77.